The minimum absolute atomic E-state index is 0.924. The van der Waals surface area contributed by atoms with Gasteiger partial charge in [-0.1, -0.05) is 0 Å². The first kappa shape index (κ1) is 9.39. The highest BCUT2D eigenvalue weighted by atomic mass is 15.3. The molecule has 0 saturated carbocycles. The maximum absolute atomic E-state index is 4.27. The second-order valence-electron chi connectivity index (χ2n) is 4.11. The molecule has 1 N–H and O–H groups in total. The standard InChI is InChI=1S/C12H14N4/c1-16-12(14-8-15-16)10-4-5-11-9(7-10)3-2-6-13-11/h4-5,7-8,13H,2-3,6H2,1H3. The molecule has 2 heterocycles. The summed E-state index contributed by atoms with van der Waals surface area (Å²) >= 11 is 0. The van der Waals surface area contributed by atoms with Crippen LogP contribution >= 0.6 is 0 Å². The van der Waals surface area contributed by atoms with Crippen molar-refractivity contribution in [3.63, 3.8) is 0 Å². The van der Waals surface area contributed by atoms with Gasteiger partial charge < -0.3 is 5.32 Å². The lowest BCUT2D eigenvalue weighted by atomic mass is 10.0. The third kappa shape index (κ3) is 1.46. The van der Waals surface area contributed by atoms with Gasteiger partial charge in [0, 0.05) is 24.8 Å². The van der Waals surface area contributed by atoms with E-state index in [0.29, 0.717) is 0 Å². The van der Waals surface area contributed by atoms with Crippen LogP contribution in [0.3, 0.4) is 0 Å². The van der Waals surface area contributed by atoms with E-state index in [1.165, 1.54) is 17.7 Å². The molecule has 1 aliphatic rings. The molecule has 3 rings (SSSR count). The summed E-state index contributed by atoms with van der Waals surface area (Å²) in [5.74, 6) is 0.924. The molecule has 0 amide bonds. The van der Waals surface area contributed by atoms with E-state index in [1.54, 1.807) is 11.0 Å². The number of aryl methyl sites for hydroxylation is 2. The van der Waals surface area contributed by atoms with Crippen molar-refractivity contribution in [2.24, 2.45) is 7.05 Å². The number of rotatable bonds is 1. The van der Waals surface area contributed by atoms with Gasteiger partial charge in [-0.3, -0.25) is 0 Å². The van der Waals surface area contributed by atoms with E-state index in [2.05, 4.69) is 33.6 Å². The van der Waals surface area contributed by atoms with Crippen molar-refractivity contribution in [1.82, 2.24) is 14.8 Å². The van der Waals surface area contributed by atoms with Crippen LogP contribution in [0.5, 0.6) is 0 Å². The summed E-state index contributed by atoms with van der Waals surface area (Å²) in [6, 6.07) is 6.45. The van der Waals surface area contributed by atoms with Gasteiger partial charge in [0.1, 0.15) is 6.33 Å². The van der Waals surface area contributed by atoms with E-state index in [9.17, 15) is 0 Å². The normalized spacial score (nSPS) is 14.3. The van der Waals surface area contributed by atoms with Crippen LogP contribution in [0.15, 0.2) is 24.5 Å². The van der Waals surface area contributed by atoms with Gasteiger partial charge in [-0.05, 0) is 36.6 Å². The summed E-state index contributed by atoms with van der Waals surface area (Å²) in [5, 5.41) is 7.50. The highest BCUT2D eigenvalue weighted by molar-refractivity contribution is 5.64. The molecule has 0 atom stereocenters. The lowest BCUT2D eigenvalue weighted by Crippen LogP contribution is -2.11. The number of fused-ring (bicyclic) bond motifs is 1. The predicted octanol–water partition coefficient (Wildman–Crippen LogP) is 1.84. The Morgan fingerprint density at radius 2 is 2.31 bits per heavy atom. The quantitative estimate of drug-likeness (QED) is 0.787. The van der Waals surface area contributed by atoms with Crippen molar-refractivity contribution in [2.75, 3.05) is 11.9 Å². The minimum atomic E-state index is 0.924. The monoisotopic (exact) mass is 214 g/mol. The van der Waals surface area contributed by atoms with Crippen LogP contribution in [0.1, 0.15) is 12.0 Å². The number of hydrogen-bond acceptors (Lipinski definition) is 3. The van der Waals surface area contributed by atoms with Crippen molar-refractivity contribution in [3.8, 4) is 11.4 Å². The number of aromatic nitrogens is 3. The summed E-state index contributed by atoms with van der Waals surface area (Å²) in [7, 11) is 1.92. The molecule has 82 valence electrons. The lowest BCUT2D eigenvalue weighted by molar-refractivity contribution is 0.773. The van der Waals surface area contributed by atoms with Gasteiger partial charge in [-0.2, -0.15) is 5.10 Å². The van der Waals surface area contributed by atoms with Gasteiger partial charge in [0.15, 0.2) is 5.82 Å². The van der Waals surface area contributed by atoms with E-state index >= 15 is 0 Å². The molecular weight excluding hydrogens is 200 g/mol. The molecule has 2 aromatic rings. The molecule has 16 heavy (non-hydrogen) atoms. The molecule has 4 heteroatoms. The fraction of sp³-hybridized carbons (Fsp3) is 0.333. The topological polar surface area (TPSA) is 42.7 Å². The minimum Gasteiger partial charge on any atom is -0.385 e. The second kappa shape index (κ2) is 3.63. The van der Waals surface area contributed by atoms with Crippen LogP contribution < -0.4 is 5.32 Å². The molecule has 0 spiro atoms. The lowest BCUT2D eigenvalue weighted by Gasteiger charge is -2.18. The number of anilines is 1. The first-order valence-corrected chi connectivity index (χ1v) is 5.56. The van der Waals surface area contributed by atoms with E-state index in [0.717, 1.165) is 24.4 Å². The largest absolute Gasteiger partial charge is 0.385 e. The molecule has 1 aromatic heterocycles. The molecular formula is C12H14N4. The summed E-state index contributed by atoms with van der Waals surface area (Å²) in [6.45, 7) is 1.08. The Kier molecular flexibility index (Phi) is 2.13. The molecule has 0 unspecified atom stereocenters. The molecule has 0 aliphatic carbocycles. The van der Waals surface area contributed by atoms with Crippen molar-refractivity contribution in [3.05, 3.63) is 30.1 Å². The highest BCUT2D eigenvalue weighted by Crippen LogP contribution is 2.26. The number of benzene rings is 1. The zero-order chi connectivity index (χ0) is 11.0. The molecule has 0 radical (unpaired) electrons. The van der Waals surface area contributed by atoms with Crippen LogP contribution in [0.25, 0.3) is 11.4 Å². The van der Waals surface area contributed by atoms with Crippen LogP contribution in [-0.2, 0) is 13.5 Å². The number of hydrogen-bond donors (Lipinski definition) is 1. The first-order valence-electron chi connectivity index (χ1n) is 5.56. The van der Waals surface area contributed by atoms with Gasteiger partial charge in [0.25, 0.3) is 0 Å². The van der Waals surface area contributed by atoms with Gasteiger partial charge >= 0.3 is 0 Å². The second-order valence-corrected chi connectivity index (χ2v) is 4.11. The van der Waals surface area contributed by atoms with E-state index in [4.69, 9.17) is 0 Å². The predicted molar refractivity (Wildman–Crippen MR) is 63.2 cm³/mol. The molecule has 0 bridgehead atoms. The summed E-state index contributed by atoms with van der Waals surface area (Å²) in [6.07, 6.45) is 3.94. The van der Waals surface area contributed by atoms with Gasteiger partial charge in [-0.25, -0.2) is 9.67 Å². The highest BCUT2D eigenvalue weighted by Gasteiger charge is 2.11. The maximum Gasteiger partial charge on any atom is 0.157 e. The van der Waals surface area contributed by atoms with Gasteiger partial charge in [-0.15, -0.1) is 0 Å². The fourth-order valence-electron chi connectivity index (χ4n) is 2.17. The Morgan fingerprint density at radius 3 is 3.12 bits per heavy atom. The SMILES string of the molecule is Cn1ncnc1-c1ccc2c(c1)CCCN2. The van der Waals surface area contributed by atoms with Crippen LogP contribution in [0, 0.1) is 0 Å². The van der Waals surface area contributed by atoms with Gasteiger partial charge in [0.05, 0.1) is 0 Å². The zero-order valence-electron chi connectivity index (χ0n) is 9.27. The summed E-state index contributed by atoms with van der Waals surface area (Å²) in [4.78, 5) is 4.27. The van der Waals surface area contributed by atoms with E-state index < -0.39 is 0 Å². The molecule has 1 aliphatic heterocycles. The van der Waals surface area contributed by atoms with Crippen molar-refractivity contribution >= 4 is 5.69 Å². The van der Waals surface area contributed by atoms with Crippen LogP contribution in [-0.4, -0.2) is 21.3 Å². The Morgan fingerprint density at radius 1 is 1.38 bits per heavy atom. The maximum atomic E-state index is 4.27. The third-order valence-corrected chi connectivity index (χ3v) is 3.01. The molecule has 4 nitrogen and oxygen atoms in total. The average molecular weight is 214 g/mol. The first-order chi connectivity index (χ1) is 7.84. The van der Waals surface area contributed by atoms with E-state index in [1.807, 2.05) is 7.05 Å². The average Bonchev–Trinajstić information content (AvgIpc) is 2.75. The third-order valence-electron chi connectivity index (χ3n) is 3.01. The van der Waals surface area contributed by atoms with E-state index in [-0.39, 0.29) is 0 Å². The molecule has 1 aromatic carbocycles. The van der Waals surface area contributed by atoms with Crippen LogP contribution in [0.2, 0.25) is 0 Å². The Balaban J connectivity index is 2.06. The molecule has 0 fully saturated rings. The molecule has 0 saturated heterocycles. The zero-order valence-corrected chi connectivity index (χ0v) is 9.27. The number of nitrogens with zero attached hydrogens (tertiary/aromatic N) is 3. The Hall–Kier alpha value is -1.84. The van der Waals surface area contributed by atoms with Crippen molar-refractivity contribution < 1.29 is 0 Å². The number of nitrogens with one attached hydrogen (secondary N) is 1. The fourth-order valence-corrected chi connectivity index (χ4v) is 2.17. The van der Waals surface area contributed by atoms with Crippen LogP contribution in [0.4, 0.5) is 5.69 Å². The van der Waals surface area contributed by atoms with Crippen molar-refractivity contribution in [1.29, 1.82) is 0 Å². The Labute approximate surface area is 94.3 Å². The van der Waals surface area contributed by atoms with Gasteiger partial charge in [0.2, 0.25) is 0 Å². The Bertz CT molecular complexity index is 515. The smallest absolute Gasteiger partial charge is 0.157 e. The summed E-state index contributed by atoms with van der Waals surface area (Å²) in [5.41, 5.74) is 3.78. The van der Waals surface area contributed by atoms with Crippen molar-refractivity contribution in [2.45, 2.75) is 12.8 Å². The summed E-state index contributed by atoms with van der Waals surface area (Å²) < 4.78 is 1.80.